The molecule has 1 heterocycles. The van der Waals surface area contributed by atoms with Gasteiger partial charge in [0, 0.05) is 47.6 Å². The van der Waals surface area contributed by atoms with Gasteiger partial charge in [-0.15, -0.1) is 12.4 Å². The average molecular weight is 580 g/mol. The molecule has 13 heteroatoms. The summed E-state index contributed by atoms with van der Waals surface area (Å²) in [6.07, 6.45) is -5.21. The molecule has 40 heavy (non-hydrogen) atoms. The second-order valence-electron chi connectivity index (χ2n) is 10.3. The lowest BCUT2D eigenvalue weighted by Crippen LogP contribution is -2.53. The molecule has 8 N–H and O–H groups in total. The van der Waals surface area contributed by atoms with Crippen LogP contribution in [-0.4, -0.2) is 84.7 Å². The highest BCUT2D eigenvalue weighted by atomic mass is 35.5. The van der Waals surface area contributed by atoms with E-state index >= 15 is 0 Å². The Morgan fingerprint density at radius 2 is 1.80 bits per heavy atom. The van der Waals surface area contributed by atoms with Crippen molar-refractivity contribution in [3.05, 3.63) is 57.1 Å². The third kappa shape index (κ3) is 4.50. The summed E-state index contributed by atoms with van der Waals surface area (Å²) in [7, 11) is 0. The van der Waals surface area contributed by atoms with Gasteiger partial charge < -0.3 is 45.8 Å². The number of carbonyl (C=O) groups excluding carboxylic acids is 3. The van der Waals surface area contributed by atoms with Crippen LogP contribution in [0, 0.1) is 0 Å². The molecular formula is C27H30ClNO11. The number of phenols is 2. The Kier molecular flexibility index (Phi) is 8.11. The van der Waals surface area contributed by atoms with Crippen molar-refractivity contribution in [2.24, 2.45) is 5.73 Å². The van der Waals surface area contributed by atoms with E-state index in [0.717, 1.165) is 0 Å². The van der Waals surface area contributed by atoms with Gasteiger partial charge in [0.25, 0.3) is 0 Å². The maximum atomic E-state index is 13.6. The summed E-state index contributed by atoms with van der Waals surface area (Å²) >= 11 is 0. The van der Waals surface area contributed by atoms with E-state index in [0.29, 0.717) is 0 Å². The van der Waals surface area contributed by atoms with E-state index in [9.17, 15) is 45.0 Å². The minimum atomic E-state index is -2.25. The van der Waals surface area contributed by atoms with Crippen molar-refractivity contribution in [1.29, 1.82) is 0 Å². The first-order valence-corrected chi connectivity index (χ1v) is 12.5. The van der Waals surface area contributed by atoms with Crippen LogP contribution in [0.2, 0.25) is 0 Å². The van der Waals surface area contributed by atoms with E-state index in [-0.39, 0.29) is 46.6 Å². The maximum absolute atomic E-state index is 13.6. The molecule has 0 aromatic heterocycles. The van der Waals surface area contributed by atoms with Gasteiger partial charge in [-0.1, -0.05) is 18.2 Å². The van der Waals surface area contributed by atoms with E-state index in [1.54, 1.807) is 6.92 Å². The number of aliphatic hydroxyl groups excluding tert-OH is 3. The second kappa shape index (κ2) is 10.8. The van der Waals surface area contributed by atoms with Crippen molar-refractivity contribution in [1.82, 2.24) is 0 Å². The Morgan fingerprint density at radius 1 is 1.12 bits per heavy atom. The van der Waals surface area contributed by atoms with Gasteiger partial charge in [0.15, 0.2) is 23.6 Å². The van der Waals surface area contributed by atoms with Crippen molar-refractivity contribution >= 4 is 29.8 Å². The summed E-state index contributed by atoms with van der Waals surface area (Å²) in [5.41, 5.74) is 2.35. The van der Waals surface area contributed by atoms with Crippen molar-refractivity contribution in [3.63, 3.8) is 0 Å². The lowest BCUT2D eigenvalue weighted by Gasteiger charge is -2.42. The van der Waals surface area contributed by atoms with Crippen molar-refractivity contribution in [2.75, 3.05) is 6.61 Å². The number of benzene rings is 2. The normalized spacial score (nSPS) is 29.2. The maximum Gasteiger partial charge on any atom is 0.198 e. The average Bonchev–Trinajstić information content (AvgIpc) is 2.90. The molecule has 1 fully saturated rings. The molecule has 1 saturated heterocycles. The molecule has 3 aliphatic rings. The molecule has 0 bridgehead atoms. The van der Waals surface area contributed by atoms with Crippen LogP contribution in [-0.2, 0) is 27.3 Å². The van der Waals surface area contributed by atoms with Crippen molar-refractivity contribution in [3.8, 4) is 11.5 Å². The minimum absolute atomic E-state index is 0. The molecule has 0 radical (unpaired) electrons. The Balaban J connectivity index is 0.00000370. The predicted molar refractivity (Wildman–Crippen MR) is 138 cm³/mol. The van der Waals surface area contributed by atoms with Crippen LogP contribution < -0.4 is 5.73 Å². The molecule has 2 aromatic rings. The predicted octanol–water partition coefficient (Wildman–Crippen LogP) is -0.0932. The van der Waals surface area contributed by atoms with Crippen LogP contribution in [0.4, 0.5) is 0 Å². The van der Waals surface area contributed by atoms with Crippen LogP contribution in [0.1, 0.15) is 74.4 Å². The molecule has 2 aliphatic carbocycles. The number of carbonyl (C=O) groups is 3. The van der Waals surface area contributed by atoms with Gasteiger partial charge in [-0.25, -0.2) is 0 Å². The molecule has 0 amide bonds. The number of Topliss-reactive ketones (excluding diaryl/α,β-unsaturated/α-hetero) is 1. The van der Waals surface area contributed by atoms with Gasteiger partial charge in [-0.2, -0.15) is 0 Å². The van der Waals surface area contributed by atoms with Gasteiger partial charge in [0.05, 0.1) is 36.0 Å². The third-order valence-electron chi connectivity index (χ3n) is 7.88. The zero-order chi connectivity index (χ0) is 28.4. The summed E-state index contributed by atoms with van der Waals surface area (Å²) in [5, 5.41) is 63.4. The molecule has 1 unspecified atom stereocenters. The highest BCUT2D eigenvalue weighted by Gasteiger charge is 2.50. The van der Waals surface area contributed by atoms with Gasteiger partial charge in [-0.05, 0) is 12.5 Å². The second-order valence-corrected chi connectivity index (χ2v) is 10.3. The Morgan fingerprint density at radius 3 is 2.42 bits per heavy atom. The Labute approximate surface area is 234 Å². The number of ether oxygens (including phenoxy) is 2. The number of halogens is 1. The molecule has 0 saturated carbocycles. The van der Waals surface area contributed by atoms with Gasteiger partial charge in [0.2, 0.25) is 0 Å². The first kappa shape index (κ1) is 30.0. The molecule has 6 atom stereocenters. The van der Waals surface area contributed by atoms with Crippen LogP contribution in [0.3, 0.4) is 0 Å². The quantitative estimate of drug-likeness (QED) is 0.197. The van der Waals surface area contributed by atoms with Gasteiger partial charge in [-0.3, -0.25) is 14.4 Å². The van der Waals surface area contributed by atoms with E-state index in [1.165, 1.54) is 18.2 Å². The summed E-state index contributed by atoms with van der Waals surface area (Å²) in [5.74, 6) is -4.00. The SMILES string of the molecule is CC1O[C@@H](O[C@H]2C[C@](O)(C(=O)CO)Cc3c(O)c4c(c(O)c32)C(=O)c2c(CO)cccc2C4=O)C[C@@H](N)[C@@H]1O.Cl. The number of rotatable bonds is 5. The summed E-state index contributed by atoms with van der Waals surface area (Å²) < 4.78 is 11.7. The lowest BCUT2D eigenvalue weighted by atomic mass is 9.71. The molecule has 216 valence electrons. The van der Waals surface area contributed by atoms with E-state index in [4.69, 9.17) is 15.2 Å². The Bertz CT molecular complexity index is 1380. The van der Waals surface area contributed by atoms with Crippen LogP contribution in [0.5, 0.6) is 11.5 Å². The number of nitrogens with two attached hydrogens (primary N) is 1. The minimum Gasteiger partial charge on any atom is -0.507 e. The smallest absolute Gasteiger partial charge is 0.198 e. The fourth-order valence-corrected chi connectivity index (χ4v) is 5.81. The fourth-order valence-electron chi connectivity index (χ4n) is 5.81. The van der Waals surface area contributed by atoms with Gasteiger partial charge in [0.1, 0.15) is 23.7 Å². The fraction of sp³-hybridized carbons (Fsp3) is 0.444. The first-order chi connectivity index (χ1) is 18.4. The number of hydrogen-bond acceptors (Lipinski definition) is 12. The largest absolute Gasteiger partial charge is 0.507 e. The zero-order valence-corrected chi connectivity index (χ0v) is 22.2. The van der Waals surface area contributed by atoms with E-state index in [1.807, 2.05) is 0 Å². The summed E-state index contributed by atoms with van der Waals surface area (Å²) in [4.78, 5) is 39.7. The van der Waals surface area contributed by atoms with Crippen LogP contribution in [0.25, 0.3) is 0 Å². The first-order valence-electron chi connectivity index (χ1n) is 12.5. The zero-order valence-electron chi connectivity index (χ0n) is 21.4. The number of hydrogen-bond donors (Lipinski definition) is 7. The summed E-state index contributed by atoms with van der Waals surface area (Å²) in [6.45, 7) is -0.0137. The standard InChI is InChI=1S/C27H29NO11.ClH/c1-10-22(32)14(28)5-17(38-10)39-15-7-27(37,16(31)9-30)6-13-19(15)26(36)21-20(24(13)34)23(33)12-4-2-3-11(8-29)18(12)25(21)35;/h2-4,10,14-15,17,22,29-30,32,34,36-37H,5-9,28H2,1H3;1H/t10?,14-,15+,17+,22-,27+;/m1./s1. The molecule has 2 aromatic carbocycles. The van der Waals surface area contributed by atoms with Crippen molar-refractivity contribution < 1.29 is 54.5 Å². The third-order valence-corrected chi connectivity index (χ3v) is 7.88. The highest BCUT2D eigenvalue weighted by molar-refractivity contribution is 6.31. The lowest BCUT2D eigenvalue weighted by molar-refractivity contribution is -0.247. The van der Waals surface area contributed by atoms with Crippen molar-refractivity contribution in [2.45, 2.75) is 69.0 Å². The number of phenolic OH excluding ortho intramolecular Hbond substituents is 2. The molecule has 1 aliphatic heterocycles. The number of ketones is 3. The van der Waals surface area contributed by atoms with Crippen LogP contribution in [0.15, 0.2) is 18.2 Å². The Hall–Kier alpha value is -2.94. The molecule has 12 nitrogen and oxygen atoms in total. The summed E-state index contributed by atoms with van der Waals surface area (Å²) in [6, 6.07) is 3.53. The number of fused-ring (bicyclic) bond motifs is 3. The monoisotopic (exact) mass is 579 g/mol. The number of aliphatic hydroxyl groups is 4. The molecular weight excluding hydrogens is 550 g/mol. The van der Waals surface area contributed by atoms with Crippen LogP contribution >= 0.6 is 12.4 Å². The topological polar surface area (TPSA) is 217 Å². The van der Waals surface area contributed by atoms with Gasteiger partial charge >= 0.3 is 0 Å². The van der Waals surface area contributed by atoms with E-state index < -0.39 is 102 Å². The molecule has 5 rings (SSSR count). The highest BCUT2D eigenvalue weighted by Crippen LogP contribution is 2.52. The number of aromatic hydroxyl groups is 2. The molecule has 0 spiro atoms. The van der Waals surface area contributed by atoms with E-state index in [2.05, 4.69) is 0 Å².